The molecule has 1 aliphatic heterocycles. The fraction of sp³-hybridized carbons (Fsp3) is 0.667. The van der Waals surface area contributed by atoms with Crippen LogP contribution in [0.4, 0.5) is 0 Å². The Morgan fingerprint density at radius 1 is 1.58 bits per heavy atom. The minimum absolute atomic E-state index is 0.933. The third-order valence-corrected chi connectivity index (χ3v) is 2.88. The van der Waals surface area contributed by atoms with Gasteiger partial charge in [0.15, 0.2) is 5.11 Å². The van der Waals surface area contributed by atoms with Crippen molar-refractivity contribution in [2.45, 2.75) is 19.3 Å². The highest BCUT2D eigenvalue weighted by Gasteiger charge is 2.17. The molecule has 0 spiro atoms. The Hall–Kier alpha value is -0.570. The first-order valence-corrected chi connectivity index (χ1v) is 4.98. The zero-order valence-electron chi connectivity index (χ0n) is 7.18. The number of rotatable bonds is 2. The summed E-state index contributed by atoms with van der Waals surface area (Å²) in [4.78, 5) is 2.26. The average molecular weight is 182 g/mol. The largest absolute Gasteiger partial charge is 0.361 e. The number of allylic oxidation sites excluding steroid dienone is 1. The summed E-state index contributed by atoms with van der Waals surface area (Å²) in [5, 5.41) is 4.11. The number of hydrogen-bond donors (Lipinski definition) is 1. The standard InChI is InChI=1S/C9H14N2S/c12-9-10-5-6-11(9)7-8-3-1-2-4-8/h3H,1-2,4-7H2,(H,10,12). The maximum absolute atomic E-state index is 5.16. The molecule has 66 valence electrons. The molecule has 12 heavy (non-hydrogen) atoms. The third kappa shape index (κ3) is 1.61. The molecule has 1 heterocycles. The lowest BCUT2D eigenvalue weighted by atomic mass is 10.2. The van der Waals surface area contributed by atoms with Crippen LogP contribution in [0.1, 0.15) is 19.3 Å². The Kier molecular flexibility index (Phi) is 2.30. The van der Waals surface area contributed by atoms with E-state index in [1.807, 2.05) is 0 Å². The van der Waals surface area contributed by atoms with E-state index in [0.29, 0.717) is 0 Å². The molecule has 0 bridgehead atoms. The fourth-order valence-electron chi connectivity index (χ4n) is 1.79. The van der Waals surface area contributed by atoms with Gasteiger partial charge in [-0.1, -0.05) is 11.6 Å². The molecule has 1 N–H and O–H groups in total. The van der Waals surface area contributed by atoms with Crippen LogP contribution in [0.2, 0.25) is 0 Å². The van der Waals surface area contributed by atoms with Crippen molar-refractivity contribution >= 4 is 17.3 Å². The van der Waals surface area contributed by atoms with Crippen LogP contribution >= 0.6 is 12.2 Å². The Morgan fingerprint density at radius 2 is 2.50 bits per heavy atom. The molecule has 3 heteroatoms. The summed E-state index contributed by atoms with van der Waals surface area (Å²) in [5.74, 6) is 0. The van der Waals surface area contributed by atoms with Gasteiger partial charge in [0, 0.05) is 19.6 Å². The van der Waals surface area contributed by atoms with E-state index in [2.05, 4.69) is 16.3 Å². The zero-order chi connectivity index (χ0) is 8.39. The minimum atomic E-state index is 0.933. The first kappa shape index (κ1) is 8.05. The summed E-state index contributed by atoms with van der Waals surface area (Å²) in [7, 11) is 0. The van der Waals surface area contributed by atoms with Crippen molar-refractivity contribution in [3.05, 3.63) is 11.6 Å². The second kappa shape index (κ2) is 3.44. The van der Waals surface area contributed by atoms with Crippen molar-refractivity contribution in [3.8, 4) is 0 Å². The minimum Gasteiger partial charge on any atom is -0.361 e. The van der Waals surface area contributed by atoms with Crippen LogP contribution in [-0.4, -0.2) is 29.6 Å². The van der Waals surface area contributed by atoms with Crippen LogP contribution in [0.3, 0.4) is 0 Å². The SMILES string of the molecule is S=C1NCCN1CC1=CCCC1. The van der Waals surface area contributed by atoms with Crippen molar-refractivity contribution < 1.29 is 0 Å². The number of hydrogen-bond acceptors (Lipinski definition) is 1. The van der Waals surface area contributed by atoms with Crippen molar-refractivity contribution in [1.29, 1.82) is 0 Å². The van der Waals surface area contributed by atoms with Crippen LogP contribution in [-0.2, 0) is 0 Å². The van der Waals surface area contributed by atoms with Gasteiger partial charge >= 0.3 is 0 Å². The molecule has 0 aromatic heterocycles. The molecular formula is C9H14N2S. The van der Waals surface area contributed by atoms with Gasteiger partial charge in [0.2, 0.25) is 0 Å². The van der Waals surface area contributed by atoms with Gasteiger partial charge in [0.05, 0.1) is 0 Å². The van der Waals surface area contributed by atoms with Crippen molar-refractivity contribution in [1.82, 2.24) is 10.2 Å². The quantitative estimate of drug-likeness (QED) is 0.512. The molecule has 2 nitrogen and oxygen atoms in total. The van der Waals surface area contributed by atoms with Gasteiger partial charge in [-0.2, -0.15) is 0 Å². The predicted octanol–water partition coefficient (Wildman–Crippen LogP) is 1.29. The fourth-order valence-corrected chi connectivity index (χ4v) is 2.05. The van der Waals surface area contributed by atoms with Gasteiger partial charge in [0.1, 0.15) is 0 Å². The second-order valence-electron chi connectivity index (χ2n) is 3.41. The van der Waals surface area contributed by atoms with Crippen molar-refractivity contribution in [2.75, 3.05) is 19.6 Å². The van der Waals surface area contributed by atoms with E-state index in [-0.39, 0.29) is 0 Å². The van der Waals surface area contributed by atoms with E-state index in [0.717, 1.165) is 24.7 Å². The topological polar surface area (TPSA) is 15.3 Å². The lowest BCUT2D eigenvalue weighted by Gasteiger charge is -2.16. The van der Waals surface area contributed by atoms with Crippen LogP contribution in [0.5, 0.6) is 0 Å². The lowest BCUT2D eigenvalue weighted by Crippen LogP contribution is -2.29. The second-order valence-corrected chi connectivity index (χ2v) is 3.79. The molecular weight excluding hydrogens is 168 g/mol. The first-order valence-electron chi connectivity index (χ1n) is 4.57. The molecule has 0 unspecified atom stereocenters. The van der Waals surface area contributed by atoms with Gasteiger partial charge < -0.3 is 10.2 Å². The van der Waals surface area contributed by atoms with Gasteiger partial charge in [-0.3, -0.25) is 0 Å². The van der Waals surface area contributed by atoms with Crippen molar-refractivity contribution in [3.63, 3.8) is 0 Å². The summed E-state index contributed by atoms with van der Waals surface area (Å²) in [5.41, 5.74) is 1.57. The lowest BCUT2D eigenvalue weighted by molar-refractivity contribution is 0.502. The maximum atomic E-state index is 5.16. The molecule has 0 aromatic carbocycles. The Balaban J connectivity index is 1.89. The number of nitrogens with zero attached hydrogens (tertiary/aromatic N) is 1. The molecule has 0 aromatic rings. The van der Waals surface area contributed by atoms with E-state index in [1.54, 1.807) is 5.57 Å². The summed E-state index contributed by atoms with van der Waals surface area (Å²) in [6.45, 7) is 3.16. The molecule has 1 fully saturated rings. The number of nitrogens with one attached hydrogen (secondary N) is 1. The molecule has 2 aliphatic rings. The van der Waals surface area contributed by atoms with E-state index in [4.69, 9.17) is 12.2 Å². The van der Waals surface area contributed by atoms with E-state index in [1.165, 1.54) is 19.3 Å². The molecule has 0 amide bonds. The van der Waals surface area contributed by atoms with Crippen LogP contribution in [0.25, 0.3) is 0 Å². The summed E-state index contributed by atoms with van der Waals surface area (Å²) in [6, 6.07) is 0. The van der Waals surface area contributed by atoms with Crippen molar-refractivity contribution in [2.24, 2.45) is 0 Å². The maximum Gasteiger partial charge on any atom is 0.169 e. The zero-order valence-corrected chi connectivity index (χ0v) is 7.99. The van der Waals surface area contributed by atoms with E-state index in [9.17, 15) is 0 Å². The predicted molar refractivity (Wildman–Crippen MR) is 54.1 cm³/mol. The average Bonchev–Trinajstić information content (AvgIpc) is 2.65. The molecule has 1 aliphatic carbocycles. The Morgan fingerprint density at radius 3 is 3.08 bits per heavy atom. The highest BCUT2D eigenvalue weighted by atomic mass is 32.1. The molecule has 0 saturated carbocycles. The monoisotopic (exact) mass is 182 g/mol. The third-order valence-electron chi connectivity index (χ3n) is 2.47. The Labute approximate surface area is 78.6 Å². The highest BCUT2D eigenvalue weighted by Crippen LogP contribution is 2.18. The summed E-state index contributed by atoms with van der Waals surface area (Å²) < 4.78 is 0. The smallest absolute Gasteiger partial charge is 0.169 e. The summed E-state index contributed by atoms with van der Waals surface area (Å²) >= 11 is 5.16. The highest BCUT2D eigenvalue weighted by molar-refractivity contribution is 7.80. The van der Waals surface area contributed by atoms with Gasteiger partial charge in [0.25, 0.3) is 0 Å². The van der Waals surface area contributed by atoms with E-state index < -0.39 is 0 Å². The van der Waals surface area contributed by atoms with E-state index >= 15 is 0 Å². The molecule has 0 radical (unpaired) electrons. The van der Waals surface area contributed by atoms with Crippen LogP contribution in [0, 0.1) is 0 Å². The van der Waals surface area contributed by atoms with Crippen LogP contribution < -0.4 is 5.32 Å². The summed E-state index contributed by atoms with van der Waals surface area (Å²) in [6.07, 6.45) is 6.24. The molecule has 1 saturated heterocycles. The van der Waals surface area contributed by atoms with Gasteiger partial charge in [-0.05, 0) is 31.5 Å². The van der Waals surface area contributed by atoms with Crippen LogP contribution in [0.15, 0.2) is 11.6 Å². The van der Waals surface area contributed by atoms with Gasteiger partial charge in [-0.15, -0.1) is 0 Å². The molecule has 2 rings (SSSR count). The normalized spacial score (nSPS) is 22.8. The van der Waals surface area contributed by atoms with Gasteiger partial charge in [-0.25, -0.2) is 0 Å². The molecule has 0 atom stereocenters. The first-order chi connectivity index (χ1) is 5.86. The Bertz CT molecular complexity index is 223. The number of thiocarbonyl (C=S) groups is 1.